The number of carboxylic acids is 2. The molecule has 0 saturated heterocycles. The second-order valence-electron chi connectivity index (χ2n) is 4.71. The standard InChI is InChI=1S/C14H8O2.C3H4O4.Na.H/c15-13-9-5-1-2-6-10(9)14(16)12-8-4-3-7-11(12)13;4-2(5)1-3(6)7;;/h1-8H;1H2,(H,4,5)(H,6,7);;/q;;+1;-1. The number of benzene rings is 2. The van der Waals surface area contributed by atoms with Crippen molar-refractivity contribution in [1.29, 1.82) is 0 Å². The van der Waals surface area contributed by atoms with Gasteiger partial charge in [-0.05, 0) is 0 Å². The van der Waals surface area contributed by atoms with E-state index in [1.807, 2.05) is 0 Å². The average Bonchev–Trinajstić information content (AvgIpc) is 2.52. The maximum atomic E-state index is 12.1. The van der Waals surface area contributed by atoms with E-state index >= 15 is 0 Å². The number of hydrogen-bond acceptors (Lipinski definition) is 4. The zero-order valence-corrected chi connectivity index (χ0v) is 14.9. The Labute approximate surface area is 160 Å². The van der Waals surface area contributed by atoms with Crippen molar-refractivity contribution in [2.24, 2.45) is 0 Å². The van der Waals surface area contributed by atoms with E-state index in [1.54, 1.807) is 48.5 Å². The second kappa shape index (κ2) is 8.54. The quantitative estimate of drug-likeness (QED) is 0.465. The summed E-state index contributed by atoms with van der Waals surface area (Å²) in [7, 11) is 0. The van der Waals surface area contributed by atoms with Crippen LogP contribution in [0.4, 0.5) is 0 Å². The maximum absolute atomic E-state index is 12.1. The Bertz CT molecular complexity index is 701. The van der Waals surface area contributed by atoms with Gasteiger partial charge in [0.05, 0.1) is 0 Å². The number of ketones is 2. The van der Waals surface area contributed by atoms with Crippen LogP contribution in [-0.2, 0) is 9.59 Å². The molecule has 1 aliphatic carbocycles. The first-order valence-electron chi connectivity index (χ1n) is 6.63. The van der Waals surface area contributed by atoms with Crippen LogP contribution in [0.3, 0.4) is 0 Å². The zero-order chi connectivity index (χ0) is 17.0. The summed E-state index contributed by atoms with van der Waals surface area (Å²) in [5.41, 5.74) is 2.02. The molecule has 118 valence electrons. The molecule has 24 heavy (non-hydrogen) atoms. The van der Waals surface area contributed by atoms with Crippen molar-refractivity contribution in [2.45, 2.75) is 6.42 Å². The smallest absolute Gasteiger partial charge is 1.00 e. The van der Waals surface area contributed by atoms with E-state index in [1.165, 1.54) is 0 Å². The Balaban J connectivity index is 0.000000560. The van der Waals surface area contributed by atoms with Gasteiger partial charge in [0.15, 0.2) is 11.6 Å². The number of carbonyl (C=O) groups is 4. The first kappa shape index (κ1) is 19.8. The number of fused-ring (bicyclic) bond motifs is 2. The fourth-order valence-electron chi connectivity index (χ4n) is 2.18. The van der Waals surface area contributed by atoms with Gasteiger partial charge in [-0.3, -0.25) is 19.2 Å². The second-order valence-corrected chi connectivity index (χ2v) is 4.71. The van der Waals surface area contributed by atoms with Crippen LogP contribution in [0.25, 0.3) is 0 Å². The number of carbonyl (C=O) groups excluding carboxylic acids is 2. The normalized spacial score (nSPS) is 11.2. The van der Waals surface area contributed by atoms with Crippen LogP contribution >= 0.6 is 0 Å². The van der Waals surface area contributed by atoms with Crippen molar-refractivity contribution in [2.75, 3.05) is 0 Å². The van der Waals surface area contributed by atoms with Crippen LogP contribution in [0.15, 0.2) is 48.5 Å². The maximum Gasteiger partial charge on any atom is 1.00 e. The SMILES string of the molecule is O=C(O)CC(=O)O.O=C1c2ccccc2C(=O)c2ccccc21.[H-].[Na+]. The van der Waals surface area contributed by atoms with Crippen molar-refractivity contribution >= 4 is 23.5 Å². The molecule has 3 rings (SSSR count). The molecule has 0 aliphatic heterocycles. The van der Waals surface area contributed by atoms with Crippen molar-refractivity contribution in [3.05, 3.63) is 70.8 Å². The molecular weight excluding hydrogens is 323 g/mol. The fraction of sp³-hybridized carbons (Fsp3) is 0.0588. The molecule has 0 unspecified atom stereocenters. The predicted octanol–water partition coefficient (Wildman–Crippen LogP) is -0.876. The predicted molar refractivity (Wildman–Crippen MR) is 80.7 cm³/mol. The van der Waals surface area contributed by atoms with Gasteiger partial charge in [0.1, 0.15) is 6.42 Å². The topological polar surface area (TPSA) is 109 Å². The van der Waals surface area contributed by atoms with Gasteiger partial charge in [-0.15, -0.1) is 0 Å². The van der Waals surface area contributed by atoms with Crippen LogP contribution < -0.4 is 29.6 Å². The summed E-state index contributed by atoms with van der Waals surface area (Å²) < 4.78 is 0. The Morgan fingerprint density at radius 3 is 1.12 bits per heavy atom. The number of rotatable bonds is 2. The molecule has 0 atom stereocenters. The summed E-state index contributed by atoms with van der Waals surface area (Å²) in [5, 5.41) is 15.4. The molecule has 0 radical (unpaired) electrons. The van der Waals surface area contributed by atoms with Crippen molar-refractivity contribution < 1.29 is 60.4 Å². The molecule has 2 aromatic rings. The third-order valence-corrected chi connectivity index (χ3v) is 3.14. The minimum atomic E-state index is -1.31. The Hall–Kier alpha value is -2.28. The Kier molecular flexibility index (Phi) is 7.03. The molecule has 6 nitrogen and oxygen atoms in total. The van der Waals surface area contributed by atoms with Crippen LogP contribution in [0, 0.1) is 0 Å². The van der Waals surface area contributed by atoms with Crippen molar-refractivity contribution in [3.8, 4) is 0 Å². The Morgan fingerprint density at radius 2 is 0.958 bits per heavy atom. The van der Waals surface area contributed by atoms with Gasteiger partial charge in [0, 0.05) is 22.3 Å². The third kappa shape index (κ3) is 4.38. The first-order valence-corrected chi connectivity index (χ1v) is 6.63. The van der Waals surface area contributed by atoms with Gasteiger partial charge in [-0.1, -0.05) is 48.5 Å². The number of carboxylic acid groups (broad SMARTS) is 2. The minimum Gasteiger partial charge on any atom is -1.00 e. The van der Waals surface area contributed by atoms with E-state index in [-0.39, 0.29) is 42.6 Å². The monoisotopic (exact) mass is 336 g/mol. The van der Waals surface area contributed by atoms with E-state index in [9.17, 15) is 19.2 Å². The minimum absolute atomic E-state index is 0. The molecule has 2 N–H and O–H groups in total. The fourth-order valence-corrected chi connectivity index (χ4v) is 2.18. The van der Waals surface area contributed by atoms with Gasteiger partial charge in [0.2, 0.25) is 0 Å². The number of hydrogen-bond donors (Lipinski definition) is 2. The molecule has 0 aromatic heterocycles. The molecule has 7 heteroatoms. The molecule has 0 saturated carbocycles. The van der Waals surface area contributed by atoms with E-state index in [2.05, 4.69) is 0 Å². The van der Waals surface area contributed by atoms with Crippen LogP contribution in [0.2, 0.25) is 0 Å². The first-order chi connectivity index (χ1) is 10.9. The van der Waals surface area contributed by atoms with Gasteiger partial charge < -0.3 is 11.6 Å². The van der Waals surface area contributed by atoms with E-state index in [0.717, 1.165) is 0 Å². The third-order valence-electron chi connectivity index (χ3n) is 3.14. The molecule has 1 aliphatic rings. The van der Waals surface area contributed by atoms with Crippen molar-refractivity contribution in [3.63, 3.8) is 0 Å². The van der Waals surface area contributed by atoms with Gasteiger partial charge in [-0.25, -0.2) is 0 Å². The van der Waals surface area contributed by atoms with E-state index in [0.29, 0.717) is 22.3 Å². The molecule has 0 spiro atoms. The summed E-state index contributed by atoms with van der Waals surface area (Å²) in [6.07, 6.45) is -0.806. The molecule has 0 heterocycles. The molecule has 0 bridgehead atoms. The van der Waals surface area contributed by atoms with Crippen LogP contribution in [0.5, 0.6) is 0 Å². The van der Waals surface area contributed by atoms with Gasteiger partial charge in [0.25, 0.3) is 0 Å². The largest absolute Gasteiger partial charge is 1.00 e. The van der Waals surface area contributed by atoms with Crippen LogP contribution in [-0.4, -0.2) is 33.7 Å². The average molecular weight is 336 g/mol. The summed E-state index contributed by atoms with van der Waals surface area (Å²) >= 11 is 0. The van der Waals surface area contributed by atoms with Crippen LogP contribution in [0.1, 0.15) is 39.7 Å². The summed E-state index contributed by atoms with van der Waals surface area (Å²) in [6, 6.07) is 13.9. The Morgan fingerprint density at radius 1 is 0.708 bits per heavy atom. The molecule has 0 amide bonds. The molecule has 0 fully saturated rings. The summed E-state index contributed by atoms with van der Waals surface area (Å²) in [5.74, 6) is -2.75. The van der Waals surface area contributed by atoms with Gasteiger partial charge in [-0.2, -0.15) is 0 Å². The van der Waals surface area contributed by atoms with E-state index in [4.69, 9.17) is 10.2 Å². The van der Waals surface area contributed by atoms with Gasteiger partial charge >= 0.3 is 41.5 Å². The number of aliphatic carboxylic acids is 2. The van der Waals surface area contributed by atoms with Crippen molar-refractivity contribution in [1.82, 2.24) is 0 Å². The molecule has 2 aromatic carbocycles. The zero-order valence-electron chi connectivity index (χ0n) is 13.9. The summed E-state index contributed by atoms with van der Waals surface area (Å²) in [4.78, 5) is 43.1. The summed E-state index contributed by atoms with van der Waals surface area (Å²) in [6.45, 7) is 0. The molecular formula is C17H13NaO6. The van der Waals surface area contributed by atoms with E-state index < -0.39 is 18.4 Å².